The van der Waals surface area contributed by atoms with Gasteiger partial charge in [-0.2, -0.15) is 18.4 Å². The van der Waals surface area contributed by atoms with Crippen LogP contribution in [0.2, 0.25) is 0 Å². The Morgan fingerprint density at radius 2 is 2.11 bits per heavy atom. The Morgan fingerprint density at radius 1 is 1.30 bits per heavy atom. The highest BCUT2D eigenvalue weighted by Gasteiger charge is 2.38. The molecule has 1 aliphatic heterocycles. The smallest absolute Gasteiger partial charge is 0.419 e. The molecule has 1 aromatic carbocycles. The number of imidazole rings is 1. The van der Waals surface area contributed by atoms with Crippen LogP contribution >= 0.6 is 0 Å². The Hall–Kier alpha value is -3.65. The number of alkyl halides is 3. The summed E-state index contributed by atoms with van der Waals surface area (Å²) >= 11 is 0. The number of rotatable bonds is 7. The highest BCUT2D eigenvalue weighted by atomic mass is 19.4. The van der Waals surface area contributed by atoms with Crippen LogP contribution in [0.1, 0.15) is 30.5 Å². The molecular formula is C26H27F3N6O2. The van der Waals surface area contributed by atoms with E-state index in [0.717, 1.165) is 25.5 Å². The van der Waals surface area contributed by atoms with Crippen LogP contribution < -0.4 is 4.74 Å². The summed E-state index contributed by atoms with van der Waals surface area (Å²) in [7, 11) is 3.37. The molecule has 2 bridgehead atoms. The number of carbonyl (C=O) groups excluding carboxylic acids is 1. The summed E-state index contributed by atoms with van der Waals surface area (Å²) in [4.78, 5) is 24.7. The molecule has 1 saturated carbocycles. The molecule has 11 heteroatoms. The first-order chi connectivity index (χ1) is 17.6. The highest BCUT2D eigenvalue weighted by molar-refractivity contribution is 5.84. The van der Waals surface area contributed by atoms with Gasteiger partial charge >= 0.3 is 6.18 Å². The maximum atomic E-state index is 13.9. The van der Waals surface area contributed by atoms with E-state index in [0.29, 0.717) is 29.5 Å². The number of halogens is 3. The second kappa shape index (κ2) is 9.67. The molecule has 2 aliphatic rings. The minimum absolute atomic E-state index is 0.0384. The van der Waals surface area contributed by atoms with Gasteiger partial charge in [0.05, 0.1) is 36.2 Å². The van der Waals surface area contributed by atoms with Crippen LogP contribution in [0.25, 0.3) is 22.3 Å². The molecule has 1 aliphatic carbocycles. The first kappa shape index (κ1) is 25.0. The largest absolute Gasteiger partial charge is 0.491 e. The third-order valence-corrected chi connectivity index (χ3v) is 7.37. The zero-order chi connectivity index (χ0) is 26.3. The zero-order valence-corrected chi connectivity index (χ0v) is 20.6. The number of nitriles is 1. The van der Waals surface area contributed by atoms with Crippen molar-refractivity contribution in [2.75, 3.05) is 33.3 Å². The van der Waals surface area contributed by atoms with Gasteiger partial charge in [0, 0.05) is 32.2 Å². The summed E-state index contributed by atoms with van der Waals surface area (Å²) in [6.07, 6.45) is 0.361. The molecule has 1 amide bonds. The van der Waals surface area contributed by atoms with Gasteiger partial charge in [-0.3, -0.25) is 9.69 Å². The monoisotopic (exact) mass is 512 g/mol. The van der Waals surface area contributed by atoms with Crippen molar-refractivity contribution in [1.82, 2.24) is 24.3 Å². The van der Waals surface area contributed by atoms with E-state index in [9.17, 15) is 23.2 Å². The molecule has 0 unspecified atom stereocenters. The lowest BCUT2D eigenvalue weighted by atomic mass is 10.1. The highest BCUT2D eigenvalue weighted by Crippen LogP contribution is 2.39. The van der Waals surface area contributed by atoms with Crippen molar-refractivity contribution in [2.45, 2.75) is 31.5 Å². The molecule has 2 atom stereocenters. The average molecular weight is 513 g/mol. The Labute approximate surface area is 212 Å². The number of nitrogens with zero attached hydrogens (tertiary/aromatic N) is 6. The fourth-order valence-electron chi connectivity index (χ4n) is 5.32. The lowest BCUT2D eigenvalue weighted by molar-refractivity contribution is -0.139. The van der Waals surface area contributed by atoms with Gasteiger partial charge in [0.2, 0.25) is 5.91 Å². The third kappa shape index (κ3) is 4.98. The minimum Gasteiger partial charge on any atom is -0.491 e. The maximum Gasteiger partial charge on any atom is 0.419 e. The van der Waals surface area contributed by atoms with Crippen LogP contribution in [-0.2, 0) is 18.0 Å². The molecule has 1 saturated heterocycles. The number of fused-ring (bicyclic) bond motifs is 3. The summed E-state index contributed by atoms with van der Waals surface area (Å²) < 4.78 is 49.0. The number of aromatic nitrogens is 3. The van der Waals surface area contributed by atoms with Crippen molar-refractivity contribution in [3.05, 3.63) is 41.9 Å². The summed E-state index contributed by atoms with van der Waals surface area (Å²) in [5.74, 6) is 0.298. The quantitative estimate of drug-likeness (QED) is 0.478. The lowest BCUT2D eigenvalue weighted by Gasteiger charge is -2.28. The summed E-state index contributed by atoms with van der Waals surface area (Å²) in [6, 6.07) is 7.74. The number of benzene rings is 1. The van der Waals surface area contributed by atoms with Gasteiger partial charge in [-0.1, -0.05) is 0 Å². The van der Waals surface area contributed by atoms with Gasteiger partial charge < -0.3 is 14.2 Å². The molecule has 2 aromatic heterocycles. The molecule has 0 radical (unpaired) electrons. The van der Waals surface area contributed by atoms with Crippen LogP contribution in [0.4, 0.5) is 13.2 Å². The van der Waals surface area contributed by atoms with Gasteiger partial charge in [0.25, 0.3) is 0 Å². The minimum atomic E-state index is -4.67. The normalized spacial score (nSPS) is 19.4. The number of likely N-dealkylation sites (tertiary alicyclic amines) is 1. The van der Waals surface area contributed by atoms with Crippen LogP contribution in [-0.4, -0.2) is 69.6 Å². The van der Waals surface area contributed by atoms with Crippen molar-refractivity contribution < 1.29 is 22.7 Å². The fraction of sp³-hybridized carbons (Fsp3) is 0.462. The van der Waals surface area contributed by atoms with Crippen molar-refractivity contribution >= 4 is 16.9 Å². The number of ether oxygens (including phenoxy) is 1. The van der Waals surface area contributed by atoms with Crippen molar-refractivity contribution in [3.8, 4) is 23.1 Å². The van der Waals surface area contributed by atoms with Gasteiger partial charge in [0.15, 0.2) is 5.69 Å². The van der Waals surface area contributed by atoms with Crippen LogP contribution in [0.3, 0.4) is 0 Å². The van der Waals surface area contributed by atoms with Crippen molar-refractivity contribution in [3.63, 3.8) is 0 Å². The van der Waals surface area contributed by atoms with E-state index in [-0.39, 0.29) is 41.8 Å². The van der Waals surface area contributed by atoms with Crippen LogP contribution in [0.15, 0.2) is 30.6 Å². The predicted molar refractivity (Wildman–Crippen MR) is 129 cm³/mol. The number of piperidine rings is 1. The number of amides is 1. The molecule has 194 valence electrons. The van der Waals surface area contributed by atoms with E-state index in [1.807, 2.05) is 6.07 Å². The number of hydrogen-bond acceptors (Lipinski definition) is 6. The molecule has 2 fully saturated rings. The second-order valence-corrected chi connectivity index (χ2v) is 9.83. The van der Waals surface area contributed by atoms with E-state index in [4.69, 9.17) is 4.74 Å². The lowest BCUT2D eigenvalue weighted by Crippen LogP contribution is -2.43. The second-order valence-electron chi connectivity index (χ2n) is 9.83. The molecule has 3 aromatic rings. The molecule has 5 rings (SSSR count). The molecule has 37 heavy (non-hydrogen) atoms. The summed E-state index contributed by atoms with van der Waals surface area (Å²) in [5, 5.41) is 9.44. The molecule has 0 N–H and O–H groups in total. The summed E-state index contributed by atoms with van der Waals surface area (Å²) in [5.41, 5.74) is 0.497. The SMILES string of the molecule is CN(CCOc1ccc(-c2cc3c(ncn3C)c(C#N)n2)cc1C(F)(F)F)C(=O)CN1C[C@@H]2CC[C@H]1C2. The zero-order valence-electron chi connectivity index (χ0n) is 20.6. The Kier molecular flexibility index (Phi) is 6.54. The van der Waals surface area contributed by atoms with E-state index in [1.54, 1.807) is 24.7 Å². The fourth-order valence-corrected chi connectivity index (χ4v) is 5.32. The number of aryl methyl sites for hydroxylation is 1. The number of pyridine rings is 1. The van der Waals surface area contributed by atoms with Crippen LogP contribution in [0, 0.1) is 17.2 Å². The van der Waals surface area contributed by atoms with Gasteiger partial charge in [-0.15, -0.1) is 0 Å². The number of likely N-dealkylation sites (N-methyl/N-ethyl adjacent to an activating group) is 1. The van der Waals surface area contributed by atoms with E-state index >= 15 is 0 Å². The van der Waals surface area contributed by atoms with Gasteiger partial charge in [-0.05, 0) is 49.4 Å². The number of carbonyl (C=O) groups is 1. The standard InChI is InChI=1S/C26H27F3N6O2/c1-33(24(36)14-35-13-16-3-5-18(35)9-16)7-8-37-23-6-4-17(10-19(23)26(27,28)29)20-11-22-25(21(12-30)32-20)31-15-34(22)2/h4,6,10-11,15-16,18H,3,5,7-9,13-14H2,1-2H3/t16-,18+/m1/s1. The van der Waals surface area contributed by atoms with Gasteiger partial charge in [-0.25, -0.2) is 9.97 Å². The first-order valence-corrected chi connectivity index (χ1v) is 12.2. The Balaban J connectivity index is 1.29. The molecule has 3 heterocycles. The van der Waals surface area contributed by atoms with Crippen molar-refractivity contribution in [1.29, 1.82) is 5.26 Å². The molecule has 0 spiro atoms. The van der Waals surface area contributed by atoms with Crippen molar-refractivity contribution in [2.24, 2.45) is 13.0 Å². The predicted octanol–water partition coefficient (Wildman–Crippen LogP) is 3.85. The molecular weight excluding hydrogens is 485 g/mol. The first-order valence-electron chi connectivity index (χ1n) is 12.2. The Morgan fingerprint density at radius 3 is 2.78 bits per heavy atom. The third-order valence-electron chi connectivity index (χ3n) is 7.37. The van der Waals surface area contributed by atoms with Gasteiger partial charge in [0.1, 0.15) is 23.9 Å². The van der Waals surface area contributed by atoms with Crippen LogP contribution in [0.5, 0.6) is 5.75 Å². The average Bonchev–Trinajstić information content (AvgIpc) is 3.59. The van der Waals surface area contributed by atoms with E-state index in [2.05, 4.69) is 14.9 Å². The maximum absolute atomic E-state index is 13.9. The summed E-state index contributed by atoms with van der Waals surface area (Å²) in [6.45, 7) is 1.37. The van der Waals surface area contributed by atoms with E-state index in [1.165, 1.54) is 29.8 Å². The Bertz CT molecular complexity index is 1380. The number of hydrogen-bond donors (Lipinski definition) is 0. The molecule has 8 nitrogen and oxygen atoms in total. The van der Waals surface area contributed by atoms with E-state index < -0.39 is 11.7 Å². The topological polar surface area (TPSA) is 87.3 Å².